The Morgan fingerprint density at radius 3 is 2.50 bits per heavy atom. The van der Waals surface area contributed by atoms with Gasteiger partial charge in [0.25, 0.3) is 5.91 Å². The second kappa shape index (κ2) is 13.0. The van der Waals surface area contributed by atoms with Gasteiger partial charge in [0.2, 0.25) is 11.8 Å². The number of nitrogens with zero attached hydrogens (tertiary/aromatic N) is 3. The van der Waals surface area contributed by atoms with Crippen LogP contribution < -0.4 is 15.4 Å². The molecule has 2 aliphatic rings. The highest BCUT2D eigenvalue weighted by atomic mass is 32.2. The molecule has 5 rings (SSSR count). The van der Waals surface area contributed by atoms with Gasteiger partial charge in [-0.1, -0.05) is 78.8 Å². The van der Waals surface area contributed by atoms with Gasteiger partial charge in [-0.05, 0) is 37.1 Å². The molecule has 9 nitrogen and oxygen atoms in total. The fraction of sp³-hybridized carbons (Fsp3) is 0.281. The van der Waals surface area contributed by atoms with Gasteiger partial charge in [0.1, 0.15) is 17.6 Å². The first-order valence-electron chi connectivity index (χ1n) is 13.9. The number of amides is 3. The largest absolute Gasteiger partial charge is 0.496 e. The third-order valence-corrected chi connectivity index (χ3v) is 8.41. The standard InChI is InChI=1S/C32H33N5O4S/c1-4-27(30(39)34-18-21-15-13-20(2)14-16-21)42-32-36-24-11-7-6-10-23(24)29-35-25(31(40)37(29)32)17-28(38)33-19-22-9-5-8-12-26(22)41-3/h5-16,25,27H,4,17-19H2,1-3H3,(H,33,38)(H,34,39)/t25-,27-/m1/s1. The molecule has 3 aromatic rings. The van der Waals surface area contributed by atoms with Gasteiger partial charge in [0.15, 0.2) is 5.17 Å². The van der Waals surface area contributed by atoms with Crippen molar-refractivity contribution in [1.29, 1.82) is 0 Å². The Morgan fingerprint density at radius 2 is 1.74 bits per heavy atom. The van der Waals surface area contributed by atoms with Gasteiger partial charge in [-0.25, -0.2) is 9.89 Å². The minimum Gasteiger partial charge on any atom is -0.496 e. The summed E-state index contributed by atoms with van der Waals surface area (Å²) in [5, 5.41) is 5.79. The van der Waals surface area contributed by atoms with E-state index in [1.165, 1.54) is 16.7 Å². The molecular weight excluding hydrogens is 550 g/mol. The molecule has 2 atom stereocenters. The van der Waals surface area contributed by atoms with Crippen LogP contribution in [-0.2, 0) is 27.5 Å². The van der Waals surface area contributed by atoms with Gasteiger partial charge in [-0.15, -0.1) is 0 Å². The van der Waals surface area contributed by atoms with Crippen LogP contribution in [0, 0.1) is 6.92 Å². The molecule has 2 aliphatic heterocycles. The number of carbonyl (C=O) groups excluding carboxylic acids is 3. The minimum atomic E-state index is -0.898. The maximum absolute atomic E-state index is 13.7. The number of methoxy groups -OCH3 is 1. The van der Waals surface area contributed by atoms with Crippen molar-refractivity contribution < 1.29 is 19.1 Å². The molecule has 0 bridgehead atoms. The Bertz CT molecular complexity index is 1550. The number of carbonyl (C=O) groups is 3. The Balaban J connectivity index is 1.29. The van der Waals surface area contributed by atoms with Crippen LogP contribution in [-0.4, -0.2) is 52.0 Å². The molecule has 3 aromatic carbocycles. The molecule has 0 saturated heterocycles. The minimum absolute atomic E-state index is 0.109. The molecule has 2 heterocycles. The first-order chi connectivity index (χ1) is 20.4. The second-order valence-electron chi connectivity index (χ2n) is 10.1. The zero-order valence-corrected chi connectivity index (χ0v) is 24.6. The number of ether oxygens (including phenoxy) is 1. The summed E-state index contributed by atoms with van der Waals surface area (Å²) in [6.45, 7) is 4.62. The third kappa shape index (κ3) is 6.38. The molecule has 2 N–H and O–H groups in total. The summed E-state index contributed by atoms with van der Waals surface area (Å²) in [6, 6.07) is 22.0. The van der Waals surface area contributed by atoms with Crippen LogP contribution in [0.5, 0.6) is 5.75 Å². The summed E-state index contributed by atoms with van der Waals surface area (Å²) in [5.74, 6) is 0.348. The van der Waals surface area contributed by atoms with Gasteiger partial charge in [0.05, 0.1) is 24.5 Å². The molecule has 0 aromatic heterocycles. The van der Waals surface area contributed by atoms with Crippen LogP contribution in [0.15, 0.2) is 82.8 Å². The number of hydrogen-bond acceptors (Lipinski definition) is 7. The average molecular weight is 584 g/mol. The third-order valence-electron chi connectivity index (χ3n) is 7.09. The maximum Gasteiger partial charge on any atom is 0.259 e. The highest BCUT2D eigenvalue weighted by Crippen LogP contribution is 2.35. The van der Waals surface area contributed by atoms with Crippen molar-refractivity contribution in [1.82, 2.24) is 15.5 Å². The molecule has 0 unspecified atom stereocenters. The molecular formula is C32H33N5O4S. The number of hydrogen-bond donors (Lipinski definition) is 2. The van der Waals surface area contributed by atoms with E-state index < -0.39 is 11.3 Å². The fourth-order valence-corrected chi connectivity index (χ4v) is 5.81. The molecule has 3 amide bonds. The SMILES string of the molecule is CC[C@@H](SC1=Nc2ccccc2C2=N[C@H](CC(=O)NCc3ccccc3OC)C(=O)N12)C(=O)NCc1ccc(C)cc1. The van der Waals surface area contributed by atoms with E-state index in [1.807, 2.05) is 86.6 Å². The number of nitrogens with one attached hydrogen (secondary N) is 2. The number of aliphatic imine (C=N–C) groups is 2. The van der Waals surface area contributed by atoms with E-state index in [0.29, 0.717) is 41.0 Å². The Labute approximate surface area is 249 Å². The van der Waals surface area contributed by atoms with E-state index in [-0.39, 0.29) is 30.7 Å². The predicted molar refractivity (Wildman–Crippen MR) is 165 cm³/mol. The van der Waals surface area contributed by atoms with Crippen LogP contribution in [0.3, 0.4) is 0 Å². The maximum atomic E-state index is 13.7. The molecule has 216 valence electrons. The van der Waals surface area contributed by atoms with Crippen LogP contribution in [0.1, 0.15) is 42.0 Å². The number of amidine groups is 2. The van der Waals surface area contributed by atoms with Gasteiger partial charge in [-0.2, -0.15) is 0 Å². The van der Waals surface area contributed by atoms with Crippen LogP contribution in [0.4, 0.5) is 5.69 Å². The lowest BCUT2D eigenvalue weighted by Gasteiger charge is -2.27. The van der Waals surface area contributed by atoms with Gasteiger partial charge in [0, 0.05) is 24.2 Å². The van der Waals surface area contributed by atoms with Crippen LogP contribution in [0.25, 0.3) is 0 Å². The highest BCUT2D eigenvalue weighted by Gasteiger charge is 2.43. The van der Waals surface area contributed by atoms with Crippen molar-refractivity contribution in [2.45, 2.75) is 51.1 Å². The Kier molecular flexibility index (Phi) is 9.02. The number of thioether (sulfide) groups is 1. The first-order valence-corrected chi connectivity index (χ1v) is 14.7. The lowest BCUT2D eigenvalue weighted by atomic mass is 10.1. The lowest BCUT2D eigenvalue weighted by molar-refractivity contribution is -0.128. The van der Waals surface area contributed by atoms with Crippen LogP contribution >= 0.6 is 11.8 Å². The van der Waals surface area contributed by atoms with E-state index in [2.05, 4.69) is 15.6 Å². The van der Waals surface area contributed by atoms with Crippen LogP contribution in [0.2, 0.25) is 0 Å². The molecule has 10 heteroatoms. The number of para-hydroxylation sites is 2. The number of aryl methyl sites for hydroxylation is 1. The second-order valence-corrected chi connectivity index (χ2v) is 11.2. The van der Waals surface area contributed by atoms with Gasteiger partial charge < -0.3 is 15.4 Å². The summed E-state index contributed by atoms with van der Waals surface area (Å²) in [7, 11) is 1.58. The van der Waals surface area contributed by atoms with Gasteiger partial charge in [-0.3, -0.25) is 19.4 Å². The quantitative estimate of drug-likeness (QED) is 0.365. The van der Waals surface area contributed by atoms with E-state index >= 15 is 0 Å². The molecule has 0 spiro atoms. The van der Waals surface area contributed by atoms with Crippen molar-refractivity contribution in [3.8, 4) is 5.75 Å². The number of fused-ring (bicyclic) bond motifs is 3. The predicted octanol–water partition coefficient (Wildman–Crippen LogP) is 4.50. The molecule has 0 aliphatic carbocycles. The molecule has 0 radical (unpaired) electrons. The summed E-state index contributed by atoms with van der Waals surface area (Å²) in [4.78, 5) is 50.6. The summed E-state index contributed by atoms with van der Waals surface area (Å²) < 4.78 is 5.36. The van der Waals surface area contributed by atoms with E-state index in [9.17, 15) is 14.4 Å². The first kappa shape index (κ1) is 29.1. The average Bonchev–Trinajstić information content (AvgIpc) is 3.34. The summed E-state index contributed by atoms with van der Waals surface area (Å²) in [6.07, 6.45) is 0.427. The topological polar surface area (TPSA) is 112 Å². The highest BCUT2D eigenvalue weighted by molar-refractivity contribution is 8.15. The lowest BCUT2D eigenvalue weighted by Crippen LogP contribution is -2.43. The van der Waals surface area contributed by atoms with E-state index in [0.717, 1.165) is 16.7 Å². The molecule has 0 saturated carbocycles. The smallest absolute Gasteiger partial charge is 0.259 e. The zero-order valence-electron chi connectivity index (χ0n) is 23.8. The monoisotopic (exact) mass is 583 g/mol. The number of benzene rings is 3. The van der Waals surface area contributed by atoms with Crippen molar-refractivity contribution in [3.05, 3.63) is 95.1 Å². The zero-order chi connectivity index (χ0) is 29.6. The molecule has 42 heavy (non-hydrogen) atoms. The van der Waals surface area contributed by atoms with Gasteiger partial charge >= 0.3 is 0 Å². The van der Waals surface area contributed by atoms with E-state index in [1.54, 1.807) is 7.11 Å². The Hall–Kier alpha value is -4.44. The normalized spacial score (nSPS) is 16.1. The van der Waals surface area contributed by atoms with E-state index in [4.69, 9.17) is 9.73 Å². The summed E-state index contributed by atoms with van der Waals surface area (Å²) in [5.41, 5.74) is 4.38. The van der Waals surface area contributed by atoms with Crippen molar-refractivity contribution in [2.75, 3.05) is 7.11 Å². The Morgan fingerprint density at radius 1 is 1.00 bits per heavy atom. The van der Waals surface area contributed by atoms with Crippen molar-refractivity contribution in [3.63, 3.8) is 0 Å². The van der Waals surface area contributed by atoms with Crippen molar-refractivity contribution >= 4 is 46.2 Å². The number of rotatable bonds is 10. The van der Waals surface area contributed by atoms with Crippen molar-refractivity contribution in [2.24, 2.45) is 9.98 Å². The fourth-order valence-electron chi connectivity index (χ4n) is 4.76. The molecule has 0 fully saturated rings. The summed E-state index contributed by atoms with van der Waals surface area (Å²) >= 11 is 1.24.